The van der Waals surface area contributed by atoms with Gasteiger partial charge in [0.1, 0.15) is 22.5 Å². The molecule has 0 saturated heterocycles. The highest BCUT2D eigenvalue weighted by atomic mass is 16.3. The first-order valence-electron chi connectivity index (χ1n) is 9.89. The number of aryl methyl sites for hydroxylation is 2. The molecule has 26 heavy (non-hydrogen) atoms. The summed E-state index contributed by atoms with van der Waals surface area (Å²) >= 11 is 0. The number of aromatic hydroxyl groups is 1. The van der Waals surface area contributed by atoms with Crippen molar-refractivity contribution in [1.29, 1.82) is 0 Å². The normalized spacial score (nSPS) is 11.3. The summed E-state index contributed by atoms with van der Waals surface area (Å²) in [4.78, 5) is 1.57. The minimum atomic E-state index is 0.217. The average Bonchev–Trinajstić information content (AvgIpc) is 3.07. The van der Waals surface area contributed by atoms with Crippen LogP contribution in [0.4, 0.5) is 0 Å². The monoisotopic (exact) mass is 351 g/mol. The van der Waals surface area contributed by atoms with Crippen LogP contribution in [0.25, 0.3) is 16.7 Å². The van der Waals surface area contributed by atoms with E-state index in [0.717, 1.165) is 23.9 Å². The van der Waals surface area contributed by atoms with Gasteiger partial charge in [0.25, 0.3) is 0 Å². The Balaban J connectivity index is 1.83. The Hall–Kier alpha value is -2.36. The summed E-state index contributed by atoms with van der Waals surface area (Å²) < 4.78 is 0. The van der Waals surface area contributed by atoms with Gasteiger partial charge < -0.3 is 5.11 Å². The number of fused-ring (bicyclic) bond motifs is 1. The molecule has 0 radical (unpaired) electrons. The maximum absolute atomic E-state index is 10.3. The van der Waals surface area contributed by atoms with Crippen molar-refractivity contribution in [2.24, 2.45) is 0 Å². The second-order valence-corrected chi connectivity index (χ2v) is 7.05. The quantitative estimate of drug-likeness (QED) is 0.511. The molecule has 0 aliphatic rings. The lowest BCUT2D eigenvalue weighted by Gasteiger charge is -2.07. The molecule has 0 spiro atoms. The van der Waals surface area contributed by atoms with Gasteiger partial charge in [-0.05, 0) is 61.1 Å². The molecule has 2 aromatic carbocycles. The predicted molar refractivity (Wildman–Crippen MR) is 107 cm³/mol. The van der Waals surface area contributed by atoms with E-state index < -0.39 is 0 Å². The van der Waals surface area contributed by atoms with Crippen molar-refractivity contribution in [3.63, 3.8) is 0 Å². The average molecular weight is 351 g/mol. The van der Waals surface area contributed by atoms with E-state index in [0.29, 0.717) is 5.69 Å². The van der Waals surface area contributed by atoms with Crippen molar-refractivity contribution in [2.45, 2.75) is 65.2 Å². The van der Waals surface area contributed by atoms with Gasteiger partial charge in [0.15, 0.2) is 0 Å². The molecule has 0 fully saturated rings. The van der Waals surface area contributed by atoms with Crippen LogP contribution in [0.3, 0.4) is 0 Å². The molecule has 3 aromatic rings. The zero-order valence-corrected chi connectivity index (χ0v) is 15.9. The fraction of sp³-hybridized carbons (Fsp3) is 0.455. The Bertz CT molecular complexity index is 854. The number of aromatic nitrogens is 3. The summed E-state index contributed by atoms with van der Waals surface area (Å²) in [5.74, 6) is 0.217. The largest absolute Gasteiger partial charge is 0.506 e. The van der Waals surface area contributed by atoms with Crippen LogP contribution in [0.5, 0.6) is 5.75 Å². The highest BCUT2D eigenvalue weighted by Crippen LogP contribution is 2.24. The molecule has 3 rings (SSSR count). The SMILES string of the molecule is CCCCCCc1ccc(O)c(-n2nc3ccc(CCCC)cc3n2)c1. The van der Waals surface area contributed by atoms with Gasteiger partial charge in [-0.1, -0.05) is 51.7 Å². The predicted octanol–water partition coefficient (Wildman–Crippen LogP) is 5.59. The number of benzene rings is 2. The molecule has 1 aromatic heterocycles. The van der Waals surface area contributed by atoms with Crippen molar-refractivity contribution in [3.8, 4) is 11.4 Å². The van der Waals surface area contributed by atoms with Gasteiger partial charge in [0.05, 0.1) is 0 Å². The molecule has 0 aliphatic heterocycles. The number of unbranched alkanes of at least 4 members (excludes halogenated alkanes) is 4. The molecule has 1 heterocycles. The van der Waals surface area contributed by atoms with Gasteiger partial charge in [0.2, 0.25) is 0 Å². The van der Waals surface area contributed by atoms with Crippen LogP contribution in [-0.2, 0) is 12.8 Å². The second-order valence-electron chi connectivity index (χ2n) is 7.05. The lowest BCUT2D eigenvalue weighted by molar-refractivity contribution is 0.467. The summed E-state index contributed by atoms with van der Waals surface area (Å²) in [7, 11) is 0. The number of nitrogens with zero attached hydrogens (tertiary/aromatic N) is 3. The van der Waals surface area contributed by atoms with E-state index in [9.17, 15) is 5.11 Å². The molecular formula is C22H29N3O. The van der Waals surface area contributed by atoms with Gasteiger partial charge in [-0.3, -0.25) is 0 Å². The molecular weight excluding hydrogens is 322 g/mol. The Labute approximate surface area is 155 Å². The maximum atomic E-state index is 10.3. The number of phenolic OH excluding ortho intramolecular Hbond substituents is 1. The van der Waals surface area contributed by atoms with Crippen LogP contribution in [0.2, 0.25) is 0 Å². The minimum absolute atomic E-state index is 0.217. The van der Waals surface area contributed by atoms with E-state index in [-0.39, 0.29) is 5.75 Å². The first-order chi connectivity index (χ1) is 12.7. The standard InChI is InChI=1S/C22H29N3O/c1-3-5-7-8-10-18-12-14-22(26)21(16-18)25-23-19-13-11-17(9-6-4-2)15-20(19)24-25/h11-16,26H,3-10H2,1-2H3. The molecule has 4 nitrogen and oxygen atoms in total. The van der Waals surface area contributed by atoms with Crippen LogP contribution in [0, 0.1) is 0 Å². The second kappa shape index (κ2) is 8.84. The van der Waals surface area contributed by atoms with E-state index in [1.54, 1.807) is 10.9 Å². The highest BCUT2D eigenvalue weighted by Gasteiger charge is 2.10. The van der Waals surface area contributed by atoms with Crippen LogP contribution in [0.1, 0.15) is 63.5 Å². The first kappa shape index (κ1) is 18.4. The van der Waals surface area contributed by atoms with E-state index in [4.69, 9.17) is 0 Å². The third-order valence-corrected chi connectivity index (χ3v) is 4.84. The van der Waals surface area contributed by atoms with Gasteiger partial charge in [-0.15, -0.1) is 15.0 Å². The smallest absolute Gasteiger partial charge is 0.143 e. The molecule has 0 atom stereocenters. The zero-order chi connectivity index (χ0) is 18.4. The van der Waals surface area contributed by atoms with E-state index in [1.807, 2.05) is 18.2 Å². The summed E-state index contributed by atoms with van der Waals surface area (Å²) in [5, 5.41) is 19.5. The van der Waals surface area contributed by atoms with Crippen LogP contribution in [0.15, 0.2) is 36.4 Å². The van der Waals surface area contributed by atoms with Gasteiger partial charge in [0, 0.05) is 0 Å². The third-order valence-electron chi connectivity index (χ3n) is 4.84. The topological polar surface area (TPSA) is 50.9 Å². The van der Waals surface area contributed by atoms with E-state index in [1.165, 1.54) is 49.7 Å². The van der Waals surface area contributed by atoms with Crippen molar-refractivity contribution < 1.29 is 5.11 Å². The number of hydrogen-bond acceptors (Lipinski definition) is 3. The Morgan fingerprint density at radius 3 is 2.27 bits per heavy atom. The first-order valence-corrected chi connectivity index (χ1v) is 9.89. The molecule has 0 aliphatic carbocycles. The van der Waals surface area contributed by atoms with Gasteiger partial charge >= 0.3 is 0 Å². The van der Waals surface area contributed by atoms with Crippen LogP contribution >= 0.6 is 0 Å². The number of rotatable bonds is 9. The molecule has 4 heteroatoms. The van der Waals surface area contributed by atoms with Gasteiger partial charge in [-0.25, -0.2) is 0 Å². The van der Waals surface area contributed by atoms with Crippen LogP contribution < -0.4 is 0 Å². The maximum Gasteiger partial charge on any atom is 0.143 e. The minimum Gasteiger partial charge on any atom is -0.506 e. The number of phenols is 1. The van der Waals surface area contributed by atoms with Crippen LogP contribution in [-0.4, -0.2) is 20.1 Å². The molecule has 0 bridgehead atoms. The zero-order valence-electron chi connectivity index (χ0n) is 15.9. The van der Waals surface area contributed by atoms with Crippen molar-refractivity contribution in [3.05, 3.63) is 47.5 Å². The Morgan fingerprint density at radius 1 is 0.769 bits per heavy atom. The summed E-state index contributed by atoms with van der Waals surface area (Å²) in [6, 6.07) is 12.0. The van der Waals surface area contributed by atoms with Crippen molar-refractivity contribution >= 4 is 11.0 Å². The molecule has 0 unspecified atom stereocenters. The fourth-order valence-electron chi connectivity index (χ4n) is 3.24. The Morgan fingerprint density at radius 2 is 1.46 bits per heavy atom. The fourth-order valence-corrected chi connectivity index (χ4v) is 3.24. The third kappa shape index (κ3) is 4.43. The summed E-state index contributed by atoms with van der Waals surface area (Å²) in [6.45, 7) is 4.42. The van der Waals surface area contributed by atoms with Crippen molar-refractivity contribution in [1.82, 2.24) is 15.0 Å². The van der Waals surface area contributed by atoms with Crippen molar-refractivity contribution in [2.75, 3.05) is 0 Å². The molecule has 1 N–H and O–H groups in total. The number of hydrogen-bond donors (Lipinski definition) is 1. The van der Waals surface area contributed by atoms with E-state index >= 15 is 0 Å². The molecule has 138 valence electrons. The van der Waals surface area contributed by atoms with E-state index in [2.05, 4.69) is 36.2 Å². The molecule has 0 amide bonds. The summed E-state index contributed by atoms with van der Waals surface area (Å²) in [5.41, 5.74) is 4.91. The highest BCUT2D eigenvalue weighted by molar-refractivity contribution is 5.75. The summed E-state index contributed by atoms with van der Waals surface area (Å²) in [6.07, 6.45) is 9.39. The molecule has 0 saturated carbocycles. The van der Waals surface area contributed by atoms with Gasteiger partial charge in [-0.2, -0.15) is 0 Å². The lowest BCUT2D eigenvalue weighted by atomic mass is 10.1. The lowest BCUT2D eigenvalue weighted by Crippen LogP contribution is -2.00. The Kier molecular flexibility index (Phi) is 6.26.